The molecule has 0 aromatic carbocycles. The molecule has 38 valence electrons. The Bertz CT molecular complexity index is 119. The highest BCUT2D eigenvalue weighted by atomic mass is 79.9. The first-order valence-corrected chi connectivity index (χ1v) is 2.73. The lowest BCUT2D eigenvalue weighted by Crippen LogP contribution is -1.96. The van der Waals surface area contributed by atoms with Gasteiger partial charge in [0.1, 0.15) is 0 Å². The molecule has 0 aromatic rings. The first-order chi connectivity index (χ1) is 3.29. The van der Waals surface area contributed by atoms with Gasteiger partial charge in [-0.1, -0.05) is 0 Å². The number of ether oxygens (including phenoxy) is 1. The van der Waals surface area contributed by atoms with Crippen molar-refractivity contribution in [1.82, 2.24) is 0 Å². The standard InChI is InChI=1S/C4H3BrO2/c5-3-1-2-4(6)7-3/h1-3H/t3-/m0/s1. The third-order valence-electron chi connectivity index (χ3n) is 0.612. The van der Waals surface area contributed by atoms with Gasteiger partial charge >= 0.3 is 5.97 Å². The van der Waals surface area contributed by atoms with Crippen LogP contribution < -0.4 is 0 Å². The molecule has 1 rings (SSSR count). The van der Waals surface area contributed by atoms with Crippen LogP contribution in [0.2, 0.25) is 0 Å². The molecular formula is C4H3BrO2. The number of hydrogen-bond acceptors (Lipinski definition) is 2. The van der Waals surface area contributed by atoms with Crippen LogP contribution in [-0.4, -0.2) is 11.0 Å². The summed E-state index contributed by atoms with van der Waals surface area (Å²) in [6.45, 7) is 0. The maximum atomic E-state index is 10.1. The molecule has 0 bridgehead atoms. The van der Waals surface area contributed by atoms with Gasteiger partial charge in [0.05, 0.1) is 0 Å². The summed E-state index contributed by atoms with van der Waals surface area (Å²) >= 11 is 3.05. The smallest absolute Gasteiger partial charge is 0.332 e. The minimum Gasteiger partial charge on any atom is -0.443 e. The predicted octanol–water partition coefficient (Wildman–Crippen LogP) is 0.820. The van der Waals surface area contributed by atoms with Crippen LogP contribution in [0.5, 0.6) is 0 Å². The summed E-state index contributed by atoms with van der Waals surface area (Å²) in [7, 11) is 0. The third kappa shape index (κ3) is 1.03. The van der Waals surface area contributed by atoms with Gasteiger partial charge in [0.15, 0.2) is 5.01 Å². The molecular weight excluding hydrogens is 160 g/mol. The van der Waals surface area contributed by atoms with Crippen molar-refractivity contribution < 1.29 is 9.53 Å². The van der Waals surface area contributed by atoms with Crippen LogP contribution in [0.4, 0.5) is 0 Å². The van der Waals surface area contributed by atoms with E-state index in [0.717, 1.165) is 0 Å². The van der Waals surface area contributed by atoms with E-state index in [-0.39, 0.29) is 11.0 Å². The van der Waals surface area contributed by atoms with Crippen LogP contribution in [0.3, 0.4) is 0 Å². The number of esters is 1. The lowest BCUT2D eigenvalue weighted by atomic mass is 10.6. The number of alkyl halides is 1. The maximum absolute atomic E-state index is 10.1. The van der Waals surface area contributed by atoms with Gasteiger partial charge in [-0.05, 0) is 22.0 Å². The van der Waals surface area contributed by atoms with E-state index in [2.05, 4.69) is 20.7 Å². The molecule has 0 spiro atoms. The molecule has 7 heavy (non-hydrogen) atoms. The van der Waals surface area contributed by atoms with Crippen LogP contribution in [0.1, 0.15) is 0 Å². The Balaban J connectivity index is 2.58. The van der Waals surface area contributed by atoms with Gasteiger partial charge in [0, 0.05) is 6.08 Å². The average molecular weight is 163 g/mol. The van der Waals surface area contributed by atoms with Crippen molar-refractivity contribution in [3.05, 3.63) is 12.2 Å². The van der Waals surface area contributed by atoms with Gasteiger partial charge in [-0.3, -0.25) is 0 Å². The maximum Gasteiger partial charge on any atom is 0.332 e. The zero-order chi connectivity index (χ0) is 5.28. The summed E-state index contributed by atoms with van der Waals surface area (Å²) in [4.78, 5) is 10.1. The minimum atomic E-state index is -0.276. The van der Waals surface area contributed by atoms with Crippen molar-refractivity contribution in [1.29, 1.82) is 0 Å². The Kier molecular flexibility index (Phi) is 1.15. The van der Waals surface area contributed by atoms with E-state index < -0.39 is 0 Å². The molecule has 0 amide bonds. The number of carbonyl (C=O) groups is 1. The van der Waals surface area contributed by atoms with E-state index in [1.54, 1.807) is 6.08 Å². The molecule has 0 aliphatic carbocycles. The van der Waals surface area contributed by atoms with Crippen molar-refractivity contribution in [3.63, 3.8) is 0 Å². The molecule has 2 nitrogen and oxygen atoms in total. The van der Waals surface area contributed by atoms with Crippen LogP contribution in [0, 0.1) is 0 Å². The van der Waals surface area contributed by atoms with Crippen molar-refractivity contribution in [2.45, 2.75) is 5.01 Å². The molecule has 0 saturated carbocycles. The van der Waals surface area contributed by atoms with Crippen molar-refractivity contribution in [3.8, 4) is 0 Å². The summed E-state index contributed by atoms with van der Waals surface area (Å²) in [5.41, 5.74) is 0. The zero-order valence-electron chi connectivity index (χ0n) is 3.43. The third-order valence-corrected chi connectivity index (χ3v) is 1.10. The molecule has 0 radical (unpaired) electrons. The largest absolute Gasteiger partial charge is 0.443 e. The molecule has 1 aliphatic heterocycles. The highest BCUT2D eigenvalue weighted by Crippen LogP contribution is 2.09. The van der Waals surface area contributed by atoms with Crippen LogP contribution >= 0.6 is 15.9 Å². The second kappa shape index (κ2) is 1.66. The van der Waals surface area contributed by atoms with E-state index in [1.165, 1.54) is 6.08 Å². The Morgan fingerprint density at radius 3 is 2.71 bits per heavy atom. The van der Waals surface area contributed by atoms with Crippen LogP contribution in [0.25, 0.3) is 0 Å². The van der Waals surface area contributed by atoms with Crippen molar-refractivity contribution in [2.75, 3.05) is 0 Å². The number of cyclic esters (lactones) is 1. The summed E-state index contributed by atoms with van der Waals surface area (Å²) in [6, 6.07) is 0. The fraction of sp³-hybridized carbons (Fsp3) is 0.250. The molecule has 1 heterocycles. The normalized spacial score (nSPS) is 28.1. The van der Waals surface area contributed by atoms with Gasteiger partial charge in [-0.15, -0.1) is 0 Å². The topological polar surface area (TPSA) is 26.3 Å². The molecule has 0 N–H and O–H groups in total. The zero-order valence-corrected chi connectivity index (χ0v) is 5.01. The fourth-order valence-corrected chi connectivity index (χ4v) is 0.681. The van der Waals surface area contributed by atoms with Crippen molar-refractivity contribution in [2.24, 2.45) is 0 Å². The summed E-state index contributed by atoms with van der Waals surface area (Å²) < 4.78 is 4.53. The number of hydrogen-bond donors (Lipinski definition) is 0. The van der Waals surface area contributed by atoms with Gasteiger partial charge in [0.25, 0.3) is 0 Å². The number of rotatable bonds is 0. The monoisotopic (exact) mass is 162 g/mol. The Hall–Kier alpha value is -0.310. The molecule has 0 aromatic heterocycles. The minimum absolute atomic E-state index is 0.194. The van der Waals surface area contributed by atoms with E-state index in [9.17, 15) is 4.79 Å². The van der Waals surface area contributed by atoms with Crippen LogP contribution in [0.15, 0.2) is 12.2 Å². The molecule has 0 unspecified atom stereocenters. The van der Waals surface area contributed by atoms with Gasteiger partial charge in [-0.2, -0.15) is 0 Å². The number of halogens is 1. The Labute approximate surface area is 49.3 Å². The summed E-state index contributed by atoms with van der Waals surface area (Å²) in [6.07, 6.45) is 3.03. The van der Waals surface area contributed by atoms with Gasteiger partial charge in [-0.25, -0.2) is 4.79 Å². The van der Waals surface area contributed by atoms with Gasteiger partial charge < -0.3 is 4.74 Å². The predicted molar refractivity (Wildman–Crippen MR) is 27.9 cm³/mol. The van der Waals surface area contributed by atoms with E-state index in [1.807, 2.05) is 0 Å². The first kappa shape index (κ1) is 4.84. The SMILES string of the molecule is O=C1C=C[C@@H](Br)O1. The Morgan fingerprint density at radius 1 is 1.86 bits per heavy atom. The highest BCUT2D eigenvalue weighted by Gasteiger charge is 2.10. The molecule has 1 atom stereocenters. The second-order valence-corrected chi connectivity index (χ2v) is 2.05. The average Bonchev–Trinajstić information content (AvgIpc) is 1.87. The Morgan fingerprint density at radius 2 is 2.57 bits per heavy atom. The first-order valence-electron chi connectivity index (χ1n) is 1.82. The fourth-order valence-electron chi connectivity index (χ4n) is 0.344. The molecule has 3 heteroatoms. The lowest BCUT2D eigenvalue weighted by Gasteiger charge is -1.93. The molecule has 1 aliphatic rings. The van der Waals surface area contributed by atoms with E-state index in [0.29, 0.717) is 0 Å². The number of carbonyl (C=O) groups excluding carboxylic acids is 1. The second-order valence-electron chi connectivity index (χ2n) is 1.15. The quantitative estimate of drug-likeness (QED) is 0.390. The van der Waals surface area contributed by atoms with E-state index in [4.69, 9.17) is 0 Å². The van der Waals surface area contributed by atoms with Crippen LogP contribution in [-0.2, 0) is 9.53 Å². The summed E-state index contributed by atoms with van der Waals surface area (Å²) in [5.74, 6) is -0.276. The molecule has 0 fully saturated rings. The van der Waals surface area contributed by atoms with Gasteiger partial charge in [0.2, 0.25) is 0 Å². The summed E-state index contributed by atoms with van der Waals surface area (Å²) in [5, 5.41) is -0.194. The lowest BCUT2D eigenvalue weighted by molar-refractivity contribution is -0.135. The van der Waals surface area contributed by atoms with Crippen molar-refractivity contribution >= 4 is 21.9 Å². The van der Waals surface area contributed by atoms with E-state index >= 15 is 0 Å². The highest BCUT2D eigenvalue weighted by molar-refractivity contribution is 9.09. The molecule has 0 saturated heterocycles.